The summed E-state index contributed by atoms with van der Waals surface area (Å²) in [6.07, 6.45) is 0.970. The van der Waals surface area contributed by atoms with Crippen LogP contribution in [0.4, 0.5) is 0 Å². The average Bonchev–Trinajstić information content (AvgIpc) is 3.19. The molecule has 0 radical (unpaired) electrons. The molecule has 4 nitrogen and oxygen atoms in total. The van der Waals surface area contributed by atoms with Crippen molar-refractivity contribution in [2.24, 2.45) is 0 Å². The first-order valence-electron chi connectivity index (χ1n) is 9.27. The van der Waals surface area contributed by atoms with Gasteiger partial charge in [0.1, 0.15) is 5.75 Å². The van der Waals surface area contributed by atoms with E-state index in [4.69, 9.17) is 16.3 Å². The summed E-state index contributed by atoms with van der Waals surface area (Å²) in [6.45, 7) is 0. The van der Waals surface area contributed by atoms with Gasteiger partial charge in [-0.15, -0.1) is 10.2 Å². The molecule has 0 aliphatic carbocycles. The van der Waals surface area contributed by atoms with Gasteiger partial charge in [-0.25, -0.2) is 0 Å². The molecule has 0 N–H and O–H groups in total. The van der Waals surface area contributed by atoms with Gasteiger partial charge in [0, 0.05) is 22.0 Å². The van der Waals surface area contributed by atoms with E-state index in [1.165, 1.54) is 5.56 Å². The van der Waals surface area contributed by atoms with Crippen LogP contribution in [0.3, 0.4) is 0 Å². The number of rotatable bonds is 7. The average molecular weight is 422 g/mol. The maximum Gasteiger partial charge on any atom is 0.196 e. The fourth-order valence-corrected chi connectivity index (χ4v) is 4.08. The van der Waals surface area contributed by atoms with Crippen LogP contribution in [-0.4, -0.2) is 27.6 Å². The molecule has 146 valence electrons. The fourth-order valence-electron chi connectivity index (χ4n) is 3.02. The Kier molecular flexibility index (Phi) is 6.17. The first-order chi connectivity index (χ1) is 14.2. The van der Waals surface area contributed by atoms with Gasteiger partial charge in [0.25, 0.3) is 0 Å². The maximum absolute atomic E-state index is 6.06. The van der Waals surface area contributed by atoms with Crippen molar-refractivity contribution in [3.8, 4) is 22.8 Å². The van der Waals surface area contributed by atoms with E-state index in [0.717, 1.165) is 40.2 Å². The quantitative estimate of drug-likeness (QED) is 0.346. The zero-order chi connectivity index (χ0) is 20.1. The lowest BCUT2D eigenvalue weighted by molar-refractivity contribution is 0.414. The van der Waals surface area contributed by atoms with Crippen molar-refractivity contribution < 1.29 is 4.74 Å². The molecule has 29 heavy (non-hydrogen) atoms. The second-order valence-corrected chi connectivity index (χ2v) is 7.93. The zero-order valence-corrected chi connectivity index (χ0v) is 17.5. The lowest BCUT2D eigenvalue weighted by atomic mass is 10.2. The predicted molar refractivity (Wildman–Crippen MR) is 119 cm³/mol. The Bertz CT molecular complexity index is 1060. The molecule has 3 aromatic carbocycles. The number of aryl methyl sites for hydroxylation is 1. The highest BCUT2D eigenvalue weighted by atomic mass is 35.5. The number of benzene rings is 3. The van der Waals surface area contributed by atoms with E-state index in [-0.39, 0.29) is 0 Å². The van der Waals surface area contributed by atoms with Crippen LogP contribution in [0, 0.1) is 0 Å². The van der Waals surface area contributed by atoms with Gasteiger partial charge >= 0.3 is 0 Å². The summed E-state index contributed by atoms with van der Waals surface area (Å²) < 4.78 is 7.38. The number of halogens is 1. The summed E-state index contributed by atoms with van der Waals surface area (Å²) in [5.41, 5.74) is 3.27. The largest absolute Gasteiger partial charge is 0.497 e. The van der Waals surface area contributed by atoms with Crippen molar-refractivity contribution in [1.29, 1.82) is 0 Å². The number of thioether (sulfide) groups is 1. The molecule has 0 saturated carbocycles. The lowest BCUT2D eigenvalue weighted by Gasteiger charge is -2.11. The Morgan fingerprint density at radius 2 is 1.62 bits per heavy atom. The van der Waals surface area contributed by atoms with Crippen LogP contribution in [0.25, 0.3) is 17.1 Å². The molecule has 0 bridgehead atoms. The molecule has 0 atom stereocenters. The third-order valence-electron chi connectivity index (χ3n) is 4.53. The number of hydrogen-bond acceptors (Lipinski definition) is 4. The van der Waals surface area contributed by atoms with E-state index in [1.807, 2.05) is 54.6 Å². The maximum atomic E-state index is 6.06. The van der Waals surface area contributed by atoms with E-state index < -0.39 is 0 Å². The number of hydrogen-bond donors (Lipinski definition) is 0. The minimum atomic E-state index is 0.696. The van der Waals surface area contributed by atoms with Gasteiger partial charge in [-0.05, 0) is 60.5 Å². The van der Waals surface area contributed by atoms with E-state index in [9.17, 15) is 0 Å². The second-order valence-electron chi connectivity index (χ2n) is 6.43. The third kappa shape index (κ3) is 4.63. The Morgan fingerprint density at radius 1 is 0.897 bits per heavy atom. The smallest absolute Gasteiger partial charge is 0.196 e. The molecule has 6 heteroatoms. The van der Waals surface area contributed by atoms with Crippen LogP contribution in [0.1, 0.15) is 5.56 Å². The molecule has 0 amide bonds. The van der Waals surface area contributed by atoms with Crippen LogP contribution in [0.5, 0.6) is 5.75 Å². The minimum absolute atomic E-state index is 0.696. The summed E-state index contributed by atoms with van der Waals surface area (Å²) in [6, 6.07) is 26.0. The Hall–Kier alpha value is -2.76. The van der Waals surface area contributed by atoms with E-state index in [0.29, 0.717) is 5.02 Å². The van der Waals surface area contributed by atoms with Crippen LogP contribution in [0.15, 0.2) is 84.0 Å². The molecule has 1 aromatic heterocycles. The molecular formula is C23H20ClN3OS. The van der Waals surface area contributed by atoms with Gasteiger partial charge in [0.15, 0.2) is 11.0 Å². The van der Waals surface area contributed by atoms with Crippen molar-refractivity contribution in [3.05, 3.63) is 89.4 Å². The number of nitrogens with zero attached hydrogens (tertiary/aromatic N) is 3. The minimum Gasteiger partial charge on any atom is -0.497 e. The fraction of sp³-hybridized carbons (Fsp3) is 0.130. The van der Waals surface area contributed by atoms with Gasteiger partial charge < -0.3 is 4.74 Å². The van der Waals surface area contributed by atoms with Crippen LogP contribution in [-0.2, 0) is 6.42 Å². The first-order valence-corrected chi connectivity index (χ1v) is 10.6. The summed E-state index contributed by atoms with van der Waals surface area (Å²) in [7, 11) is 1.66. The molecule has 0 saturated heterocycles. The Balaban J connectivity index is 1.65. The summed E-state index contributed by atoms with van der Waals surface area (Å²) in [4.78, 5) is 0. The lowest BCUT2D eigenvalue weighted by Crippen LogP contribution is -2.00. The normalized spacial score (nSPS) is 10.8. The van der Waals surface area contributed by atoms with E-state index in [2.05, 4.69) is 39.0 Å². The van der Waals surface area contributed by atoms with Gasteiger partial charge in [0.2, 0.25) is 0 Å². The molecular weight excluding hydrogens is 402 g/mol. The topological polar surface area (TPSA) is 39.9 Å². The summed E-state index contributed by atoms with van der Waals surface area (Å²) in [5, 5.41) is 10.5. The van der Waals surface area contributed by atoms with Crippen LogP contribution in [0.2, 0.25) is 5.02 Å². The highest BCUT2D eigenvalue weighted by molar-refractivity contribution is 7.99. The molecule has 4 aromatic rings. The van der Waals surface area contributed by atoms with Gasteiger partial charge in [-0.3, -0.25) is 4.57 Å². The Morgan fingerprint density at radius 3 is 2.31 bits per heavy atom. The molecule has 0 aliphatic heterocycles. The third-order valence-corrected chi connectivity index (χ3v) is 5.71. The van der Waals surface area contributed by atoms with Crippen molar-refractivity contribution in [1.82, 2.24) is 14.8 Å². The molecule has 4 rings (SSSR count). The van der Waals surface area contributed by atoms with Gasteiger partial charge in [0.05, 0.1) is 7.11 Å². The van der Waals surface area contributed by atoms with Crippen molar-refractivity contribution in [2.45, 2.75) is 11.6 Å². The number of ether oxygens (including phenoxy) is 1. The molecule has 1 heterocycles. The van der Waals surface area contributed by atoms with Gasteiger partial charge in [-0.2, -0.15) is 0 Å². The SMILES string of the molecule is COc1ccc(-n2c(SCCc3ccccc3)nnc2-c2ccc(Cl)cc2)cc1. The van der Waals surface area contributed by atoms with Crippen molar-refractivity contribution in [2.75, 3.05) is 12.9 Å². The zero-order valence-electron chi connectivity index (χ0n) is 16.0. The number of aromatic nitrogens is 3. The molecule has 0 fully saturated rings. The highest BCUT2D eigenvalue weighted by Crippen LogP contribution is 2.29. The standard InChI is InChI=1S/C23H20ClN3OS/c1-28-21-13-11-20(12-14-21)27-22(18-7-9-19(24)10-8-18)25-26-23(27)29-16-15-17-5-3-2-4-6-17/h2-14H,15-16H2,1H3. The monoisotopic (exact) mass is 421 g/mol. The summed E-state index contributed by atoms with van der Waals surface area (Å²) in [5.74, 6) is 2.51. The Labute approximate surface area is 179 Å². The van der Waals surface area contributed by atoms with E-state index in [1.54, 1.807) is 18.9 Å². The summed E-state index contributed by atoms with van der Waals surface area (Å²) >= 11 is 7.76. The van der Waals surface area contributed by atoms with Crippen LogP contribution >= 0.6 is 23.4 Å². The molecule has 0 unspecified atom stereocenters. The second kappa shape index (κ2) is 9.16. The predicted octanol–water partition coefficient (Wildman–Crippen LogP) is 5.93. The van der Waals surface area contributed by atoms with Crippen molar-refractivity contribution in [3.63, 3.8) is 0 Å². The van der Waals surface area contributed by atoms with Gasteiger partial charge in [-0.1, -0.05) is 53.7 Å². The first kappa shape index (κ1) is 19.6. The highest BCUT2D eigenvalue weighted by Gasteiger charge is 2.16. The number of methoxy groups -OCH3 is 1. The van der Waals surface area contributed by atoms with Crippen LogP contribution < -0.4 is 4.74 Å². The van der Waals surface area contributed by atoms with E-state index >= 15 is 0 Å². The van der Waals surface area contributed by atoms with Crippen molar-refractivity contribution >= 4 is 23.4 Å². The molecule has 0 aliphatic rings. The molecule has 0 spiro atoms.